The van der Waals surface area contributed by atoms with Crippen molar-refractivity contribution < 1.29 is 9.13 Å². The molecule has 1 nitrogen and oxygen atoms in total. The van der Waals surface area contributed by atoms with Gasteiger partial charge in [0.1, 0.15) is 5.82 Å². The zero-order chi connectivity index (χ0) is 19.1. The van der Waals surface area contributed by atoms with E-state index in [1.165, 1.54) is 76.7 Å². The highest BCUT2D eigenvalue weighted by molar-refractivity contribution is 6.30. The van der Waals surface area contributed by atoms with E-state index in [-0.39, 0.29) is 10.8 Å². The Bertz CT molecular complexity index is 586. The Labute approximate surface area is 169 Å². The number of benzene rings is 1. The maximum Gasteiger partial charge on any atom is 0.141 e. The Morgan fingerprint density at radius 1 is 1.04 bits per heavy atom. The molecule has 1 aromatic rings. The Morgan fingerprint density at radius 3 is 2.33 bits per heavy atom. The fourth-order valence-corrected chi connectivity index (χ4v) is 5.27. The zero-order valence-electron chi connectivity index (χ0n) is 16.5. The largest absolute Gasteiger partial charge is 0.374 e. The van der Waals surface area contributed by atoms with Crippen molar-refractivity contribution in [3.8, 4) is 0 Å². The number of ether oxygens (including phenoxy) is 1. The van der Waals surface area contributed by atoms with Gasteiger partial charge >= 0.3 is 0 Å². The van der Waals surface area contributed by atoms with Crippen molar-refractivity contribution >= 4 is 11.6 Å². The second-order valence-electron chi connectivity index (χ2n) is 8.60. The summed E-state index contributed by atoms with van der Waals surface area (Å²) < 4.78 is 19.3. The smallest absolute Gasteiger partial charge is 0.141 e. The monoisotopic (exact) mass is 392 g/mol. The van der Waals surface area contributed by atoms with Crippen LogP contribution in [0.2, 0.25) is 5.02 Å². The highest BCUT2D eigenvalue weighted by Gasteiger charge is 2.30. The zero-order valence-corrected chi connectivity index (χ0v) is 17.2. The predicted molar refractivity (Wildman–Crippen MR) is 111 cm³/mol. The molecule has 27 heavy (non-hydrogen) atoms. The van der Waals surface area contributed by atoms with Crippen LogP contribution in [0.15, 0.2) is 30.9 Å². The van der Waals surface area contributed by atoms with E-state index in [2.05, 4.69) is 12.7 Å². The second-order valence-corrected chi connectivity index (χ2v) is 9.00. The first-order valence-corrected chi connectivity index (χ1v) is 11.2. The molecule has 0 saturated heterocycles. The van der Waals surface area contributed by atoms with Gasteiger partial charge in [-0.3, -0.25) is 0 Å². The van der Waals surface area contributed by atoms with Gasteiger partial charge in [-0.05, 0) is 86.8 Å². The molecule has 0 amide bonds. The highest BCUT2D eigenvalue weighted by Crippen LogP contribution is 2.41. The lowest BCUT2D eigenvalue weighted by Crippen LogP contribution is -2.28. The average molecular weight is 393 g/mol. The van der Waals surface area contributed by atoms with E-state index in [4.69, 9.17) is 16.3 Å². The third-order valence-electron chi connectivity index (χ3n) is 6.77. The van der Waals surface area contributed by atoms with Crippen molar-refractivity contribution in [1.82, 2.24) is 0 Å². The molecule has 0 heterocycles. The van der Waals surface area contributed by atoms with Crippen LogP contribution in [0, 0.1) is 23.6 Å². The first kappa shape index (κ1) is 20.9. The van der Waals surface area contributed by atoms with Crippen LogP contribution in [0.3, 0.4) is 0 Å². The van der Waals surface area contributed by atoms with Crippen LogP contribution in [0.25, 0.3) is 0 Å². The summed E-state index contributed by atoms with van der Waals surface area (Å²) in [5.41, 5.74) is 0.957. The van der Waals surface area contributed by atoms with Crippen molar-refractivity contribution in [1.29, 1.82) is 0 Å². The Kier molecular flexibility index (Phi) is 8.21. The molecule has 0 bridgehead atoms. The van der Waals surface area contributed by atoms with Crippen LogP contribution in [-0.2, 0) is 11.3 Å². The van der Waals surface area contributed by atoms with Crippen LogP contribution < -0.4 is 0 Å². The van der Waals surface area contributed by atoms with E-state index in [0.29, 0.717) is 12.7 Å². The molecular formula is C24H34ClFO. The maximum absolute atomic E-state index is 13.2. The summed E-state index contributed by atoms with van der Waals surface area (Å²) in [6, 6.07) is 4.86. The van der Waals surface area contributed by atoms with Gasteiger partial charge in [0.15, 0.2) is 0 Å². The molecule has 150 valence electrons. The van der Waals surface area contributed by atoms with Gasteiger partial charge in [0.2, 0.25) is 0 Å². The van der Waals surface area contributed by atoms with Crippen LogP contribution in [0.5, 0.6) is 0 Å². The molecule has 0 aliphatic heterocycles. The van der Waals surface area contributed by atoms with E-state index in [0.717, 1.165) is 23.3 Å². The summed E-state index contributed by atoms with van der Waals surface area (Å²) in [6.07, 6.45) is 17.0. The van der Waals surface area contributed by atoms with Crippen LogP contribution in [-0.4, -0.2) is 6.10 Å². The van der Waals surface area contributed by atoms with E-state index in [9.17, 15) is 4.39 Å². The standard InChI is InChI=1S/C24H34ClFO/c1-2-3-4-5-18-6-9-20(10-7-18)21-11-13-22(14-12-21)27-17-19-8-15-24(26)23(25)16-19/h2,8,15-16,18,20-22H,1,3-7,9-14,17H2/t18-,20-,21?,22?. The second kappa shape index (κ2) is 10.6. The molecule has 0 N–H and O–H groups in total. The quantitative estimate of drug-likeness (QED) is 0.325. The molecule has 3 rings (SSSR count). The van der Waals surface area contributed by atoms with Crippen molar-refractivity contribution in [3.05, 3.63) is 47.3 Å². The van der Waals surface area contributed by atoms with Gasteiger partial charge in [-0.1, -0.05) is 43.0 Å². The van der Waals surface area contributed by atoms with Crippen molar-refractivity contribution in [2.45, 2.75) is 83.3 Å². The average Bonchev–Trinajstić information content (AvgIpc) is 2.70. The van der Waals surface area contributed by atoms with Gasteiger partial charge in [-0.2, -0.15) is 0 Å². The topological polar surface area (TPSA) is 9.23 Å². The molecule has 2 saturated carbocycles. The van der Waals surface area contributed by atoms with Crippen LogP contribution in [0.1, 0.15) is 76.2 Å². The third-order valence-corrected chi connectivity index (χ3v) is 7.06. The summed E-state index contributed by atoms with van der Waals surface area (Å²) in [6.45, 7) is 4.36. The minimum atomic E-state index is -0.364. The molecule has 2 aliphatic rings. The number of hydrogen-bond acceptors (Lipinski definition) is 1. The SMILES string of the molecule is C=CCCC[C@H]1CC[C@H](C2CCC(OCc3ccc(F)c(Cl)c3)CC2)CC1. The molecule has 1 aromatic carbocycles. The summed E-state index contributed by atoms with van der Waals surface area (Å²) in [7, 11) is 0. The maximum atomic E-state index is 13.2. The van der Waals surface area contributed by atoms with Gasteiger partial charge in [0.25, 0.3) is 0 Å². The minimum Gasteiger partial charge on any atom is -0.374 e. The number of hydrogen-bond donors (Lipinski definition) is 0. The van der Waals surface area contributed by atoms with E-state index < -0.39 is 0 Å². The Balaban J connectivity index is 1.34. The van der Waals surface area contributed by atoms with Crippen molar-refractivity contribution in [2.75, 3.05) is 0 Å². The number of unbranched alkanes of at least 4 members (excludes halogenated alkanes) is 1. The molecule has 0 spiro atoms. The molecule has 2 aliphatic carbocycles. The van der Waals surface area contributed by atoms with Gasteiger partial charge in [-0.15, -0.1) is 6.58 Å². The van der Waals surface area contributed by atoms with Crippen molar-refractivity contribution in [3.63, 3.8) is 0 Å². The minimum absolute atomic E-state index is 0.180. The molecular weight excluding hydrogens is 359 g/mol. The third kappa shape index (κ3) is 6.32. The number of allylic oxidation sites excluding steroid dienone is 1. The first-order chi connectivity index (χ1) is 13.2. The summed E-state index contributed by atoms with van der Waals surface area (Å²) in [4.78, 5) is 0. The molecule has 0 atom stereocenters. The number of rotatable bonds is 8. The lowest BCUT2D eigenvalue weighted by molar-refractivity contribution is -0.00286. The van der Waals surface area contributed by atoms with Gasteiger partial charge in [0, 0.05) is 0 Å². The molecule has 0 aromatic heterocycles. The molecule has 0 unspecified atom stereocenters. The Morgan fingerprint density at radius 2 is 1.70 bits per heavy atom. The van der Waals surface area contributed by atoms with E-state index >= 15 is 0 Å². The van der Waals surface area contributed by atoms with Crippen LogP contribution in [0.4, 0.5) is 4.39 Å². The first-order valence-electron chi connectivity index (χ1n) is 10.8. The Hall–Kier alpha value is -0.860. The predicted octanol–water partition coefficient (Wildman–Crippen LogP) is 7.72. The summed E-state index contributed by atoms with van der Waals surface area (Å²) in [5.74, 6) is 2.44. The summed E-state index contributed by atoms with van der Waals surface area (Å²) in [5, 5.41) is 0.180. The normalized spacial score (nSPS) is 28.8. The molecule has 3 heteroatoms. The summed E-state index contributed by atoms with van der Waals surface area (Å²) >= 11 is 5.85. The number of halogens is 2. The lowest BCUT2D eigenvalue weighted by Gasteiger charge is -2.38. The molecule has 0 radical (unpaired) electrons. The van der Waals surface area contributed by atoms with Gasteiger partial charge < -0.3 is 4.74 Å². The highest BCUT2D eigenvalue weighted by atomic mass is 35.5. The van der Waals surface area contributed by atoms with E-state index in [1.54, 1.807) is 12.1 Å². The molecule has 2 fully saturated rings. The fourth-order valence-electron chi connectivity index (χ4n) is 5.07. The van der Waals surface area contributed by atoms with Gasteiger partial charge in [0.05, 0.1) is 17.7 Å². The van der Waals surface area contributed by atoms with Crippen molar-refractivity contribution in [2.24, 2.45) is 17.8 Å². The fraction of sp³-hybridized carbons (Fsp3) is 0.667. The van der Waals surface area contributed by atoms with Crippen LogP contribution >= 0.6 is 11.6 Å². The van der Waals surface area contributed by atoms with E-state index in [1.807, 2.05) is 0 Å². The lowest BCUT2D eigenvalue weighted by atomic mass is 9.70. The van der Waals surface area contributed by atoms with Gasteiger partial charge in [-0.25, -0.2) is 4.39 Å².